The predicted molar refractivity (Wildman–Crippen MR) is 114 cm³/mol. The number of hydrogen-bond acceptors (Lipinski definition) is 5. The van der Waals surface area contributed by atoms with Gasteiger partial charge in [-0.15, -0.1) is 0 Å². The molecule has 3 aromatic rings. The summed E-state index contributed by atoms with van der Waals surface area (Å²) in [7, 11) is 0. The quantitative estimate of drug-likeness (QED) is 0.586. The fourth-order valence-electron chi connectivity index (χ4n) is 2.65. The van der Waals surface area contributed by atoms with Crippen LogP contribution in [0, 0.1) is 6.92 Å². The van der Waals surface area contributed by atoms with E-state index in [0.717, 1.165) is 29.1 Å². The number of carbonyl (C=O) groups excluding carboxylic acids is 1. The minimum Gasteiger partial charge on any atom is -0.489 e. The van der Waals surface area contributed by atoms with Crippen LogP contribution in [-0.4, -0.2) is 21.9 Å². The van der Waals surface area contributed by atoms with E-state index >= 15 is 0 Å². The van der Waals surface area contributed by atoms with Gasteiger partial charge in [0.1, 0.15) is 18.1 Å². The van der Waals surface area contributed by atoms with Gasteiger partial charge in [-0.05, 0) is 56.2 Å². The van der Waals surface area contributed by atoms with Crippen molar-refractivity contribution in [1.29, 1.82) is 0 Å². The molecule has 150 valence electrons. The molecule has 2 N–H and O–H groups in total. The lowest BCUT2D eigenvalue weighted by atomic mass is 10.2. The Hall–Kier alpha value is -3.41. The summed E-state index contributed by atoms with van der Waals surface area (Å²) in [5.41, 5.74) is 3.00. The Morgan fingerprint density at radius 2 is 1.79 bits per heavy atom. The fraction of sp³-hybridized carbons (Fsp3) is 0.261. The molecule has 1 heterocycles. The van der Waals surface area contributed by atoms with Crippen molar-refractivity contribution in [2.24, 2.45) is 0 Å². The molecule has 2 aromatic carbocycles. The number of amides is 1. The smallest absolute Gasteiger partial charge is 0.270 e. The van der Waals surface area contributed by atoms with Gasteiger partial charge in [0.2, 0.25) is 5.95 Å². The summed E-state index contributed by atoms with van der Waals surface area (Å²) in [5, 5.41) is 6.08. The Morgan fingerprint density at radius 1 is 1.07 bits per heavy atom. The Bertz CT molecular complexity index is 943. The average molecular weight is 390 g/mol. The van der Waals surface area contributed by atoms with Crippen molar-refractivity contribution in [3.8, 4) is 5.75 Å². The summed E-state index contributed by atoms with van der Waals surface area (Å²) in [6.45, 7) is 6.35. The highest BCUT2D eigenvalue weighted by atomic mass is 16.5. The Labute approximate surface area is 171 Å². The Morgan fingerprint density at radius 3 is 2.48 bits per heavy atom. The monoisotopic (exact) mass is 390 g/mol. The molecule has 0 fully saturated rings. The van der Waals surface area contributed by atoms with Gasteiger partial charge in [0.05, 0.1) is 0 Å². The third-order valence-corrected chi connectivity index (χ3v) is 4.44. The average Bonchev–Trinajstić information content (AvgIpc) is 2.73. The molecule has 0 aliphatic heterocycles. The van der Waals surface area contributed by atoms with Crippen molar-refractivity contribution >= 4 is 17.5 Å². The van der Waals surface area contributed by atoms with Crippen LogP contribution in [0.15, 0.2) is 60.7 Å². The van der Waals surface area contributed by atoms with Gasteiger partial charge in [-0.1, -0.05) is 37.3 Å². The molecule has 0 radical (unpaired) electrons. The molecule has 1 atom stereocenters. The first kappa shape index (κ1) is 20.3. The van der Waals surface area contributed by atoms with E-state index in [1.165, 1.54) is 0 Å². The van der Waals surface area contributed by atoms with Crippen molar-refractivity contribution in [2.75, 3.05) is 5.32 Å². The third-order valence-electron chi connectivity index (χ3n) is 4.44. The highest BCUT2D eigenvalue weighted by molar-refractivity contribution is 5.92. The molecule has 0 aliphatic rings. The van der Waals surface area contributed by atoms with Gasteiger partial charge >= 0.3 is 0 Å². The summed E-state index contributed by atoms with van der Waals surface area (Å²) in [6, 6.07) is 19.4. The SMILES string of the molecule is CCC(C)NC(=O)c1cc(C)nc(Nc2ccc(OCc3ccccc3)cc2)n1. The highest BCUT2D eigenvalue weighted by Crippen LogP contribution is 2.19. The molecule has 1 unspecified atom stereocenters. The number of hydrogen-bond donors (Lipinski definition) is 2. The van der Waals surface area contributed by atoms with Crippen LogP contribution in [0.3, 0.4) is 0 Å². The van der Waals surface area contributed by atoms with E-state index in [4.69, 9.17) is 4.74 Å². The van der Waals surface area contributed by atoms with Gasteiger partial charge in [0, 0.05) is 17.4 Å². The van der Waals surface area contributed by atoms with Crippen LogP contribution in [0.25, 0.3) is 0 Å². The van der Waals surface area contributed by atoms with Crippen molar-refractivity contribution in [2.45, 2.75) is 39.8 Å². The van der Waals surface area contributed by atoms with Gasteiger partial charge in [-0.3, -0.25) is 4.79 Å². The van der Waals surface area contributed by atoms with Gasteiger partial charge in [0.15, 0.2) is 0 Å². The number of nitrogens with zero attached hydrogens (tertiary/aromatic N) is 2. The molecule has 0 aliphatic carbocycles. The van der Waals surface area contributed by atoms with E-state index < -0.39 is 0 Å². The van der Waals surface area contributed by atoms with Crippen LogP contribution in [0.5, 0.6) is 5.75 Å². The zero-order chi connectivity index (χ0) is 20.6. The fourth-order valence-corrected chi connectivity index (χ4v) is 2.65. The topological polar surface area (TPSA) is 76.1 Å². The predicted octanol–water partition coefficient (Wildman–Crippen LogP) is 4.64. The third kappa shape index (κ3) is 6.04. The van der Waals surface area contributed by atoms with Gasteiger partial charge in [-0.2, -0.15) is 0 Å². The van der Waals surface area contributed by atoms with Crippen molar-refractivity contribution in [3.05, 3.63) is 77.6 Å². The molecule has 29 heavy (non-hydrogen) atoms. The number of aromatic nitrogens is 2. The van der Waals surface area contributed by atoms with Crippen molar-refractivity contribution in [3.63, 3.8) is 0 Å². The van der Waals surface area contributed by atoms with Crippen LogP contribution >= 0.6 is 0 Å². The Kier molecular flexibility index (Phi) is 6.79. The number of nitrogens with one attached hydrogen (secondary N) is 2. The van der Waals surface area contributed by atoms with E-state index in [9.17, 15) is 4.79 Å². The van der Waals surface area contributed by atoms with E-state index in [2.05, 4.69) is 20.6 Å². The molecule has 0 spiro atoms. The van der Waals surface area contributed by atoms with Crippen LogP contribution in [-0.2, 0) is 6.61 Å². The Balaban J connectivity index is 1.64. The number of carbonyl (C=O) groups is 1. The summed E-state index contributed by atoms with van der Waals surface area (Å²) < 4.78 is 5.80. The molecule has 1 aromatic heterocycles. The molecule has 6 nitrogen and oxygen atoms in total. The summed E-state index contributed by atoms with van der Waals surface area (Å²) in [6.07, 6.45) is 0.861. The normalized spacial score (nSPS) is 11.6. The highest BCUT2D eigenvalue weighted by Gasteiger charge is 2.12. The lowest BCUT2D eigenvalue weighted by Gasteiger charge is -2.12. The molecular weight excluding hydrogens is 364 g/mol. The minimum atomic E-state index is -0.197. The second-order valence-corrected chi connectivity index (χ2v) is 6.92. The maximum absolute atomic E-state index is 12.4. The zero-order valence-electron chi connectivity index (χ0n) is 17.0. The largest absolute Gasteiger partial charge is 0.489 e. The lowest BCUT2D eigenvalue weighted by molar-refractivity contribution is 0.0934. The molecule has 0 bridgehead atoms. The maximum atomic E-state index is 12.4. The van der Waals surface area contributed by atoms with Gasteiger partial charge < -0.3 is 15.4 Å². The number of aryl methyl sites for hydroxylation is 1. The second kappa shape index (κ2) is 9.68. The van der Waals surface area contributed by atoms with E-state index in [0.29, 0.717) is 18.2 Å². The molecule has 3 rings (SSSR count). The standard InChI is InChI=1S/C23H26N4O2/c1-4-16(2)24-22(28)21-14-17(3)25-23(27-21)26-19-10-12-20(13-11-19)29-15-18-8-6-5-7-9-18/h5-14,16H,4,15H2,1-3H3,(H,24,28)(H,25,26,27). The number of anilines is 2. The number of rotatable bonds is 8. The number of benzene rings is 2. The number of ether oxygens (including phenoxy) is 1. The van der Waals surface area contributed by atoms with Crippen molar-refractivity contribution in [1.82, 2.24) is 15.3 Å². The van der Waals surface area contributed by atoms with Crippen molar-refractivity contribution < 1.29 is 9.53 Å². The van der Waals surface area contributed by atoms with Crippen LogP contribution in [0.2, 0.25) is 0 Å². The van der Waals surface area contributed by atoms with E-state index in [1.807, 2.05) is 75.4 Å². The molecular formula is C23H26N4O2. The maximum Gasteiger partial charge on any atom is 0.270 e. The van der Waals surface area contributed by atoms with Crippen LogP contribution < -0.4 is 15.4 Å². The van der Waals surface area contributed by atoms with Crippen LogP contribution in [0.4, 0.5) is 11.6 Å². The van der Waals surface area contributed by atoms with E-state index in [-0.39, 0.29) is 11.9 Å². The summed E-state index contributed by atoms with van der Waals surface area (Å²) in [5.74, 6) is 0.966. The van der Waals surface area contributed by atoms with Gasteiger partial charge in [-0.25, -0.2) is 9.97 Å². The zero-order valence-corrected chi connectivity index (χ0v) is 17.0. The first-order chi connectivity index (χ1) is 14.0. The minimum absolute atomic E-state index is 0.0950. The van der Waals surface area contributed by atoms with E-state index in [1.54, 1.807) is 6.07 Å². The molecule has 0 saturated heterocycles. The first-order valence-electron chi connectivity index (χ1n) is 9.74. The molecule has 0 saturated carbocycles. The first-order valence-corrected chi connectivity index (χ1v) is 9.74. The van der Waals surface area contributed by atoms with Crippen LogP contribution in [0.1, 0.15) is 42.0 Å². The molecule has 1 amide bonds. The summed E-state index contributed by atoms with van der Waals surface area (Å²) in [4.78, 5) is 21.1. The second-order valence-electron chi connectivity index (χ2n) is 6.92. The lowest BCUT2D eigenvalue weighted by Crippen LogP contribution is -2.32. The molecule has 6 heteroatoms. The van der Waals surface area contributed by atoms with Gasteiger partial charge in [0.25, 0.3) is 5.91 Å². The summed E-state index contributed by atoms with van der Waals surface area (Å²) >= 11 is 0.